The van der Waals surface area contributed by atoms with Gasteiger partial charge in [0.2, 0.25) is 5.88 Å². The second-order valence-corrected chi connectivity index (χ2v) is 7.97. The number of aromatic nitrogens is 2. The van der Waals surface area contributed by atoms with Crippen molar-refractivity contribution in [2.24, 2.45) is 0 Å². The van der Waals surface area contributed by atoms with Crippen molar-refractivity contribution in [3.63, 3.8) is 0 Å². The van der Waals surface area contributed by atoms with Crippen LogP contribution in [0.15, 0.2) is 65.7 Å². The van der Waals surface area contributed by atoms with E-state index in [1.165, 1.54) is 6.26 Å². The molecule has 0 spiro atoms. The first-order valence-corrected chi connectivity index (χ1v) is 10.2. The number of hydrogen-bond donors (Lipinski definition) is 0. The van der Waals surface area contributed by atoms with Gasteiger partial charge in [-0.3, -0.25) is 4.98 Å². The first-order chi connectivity index (χ1) is 12.5. The molecular weight excluding hydrogens is 348 g/mol. The number of aryl methyl sites for hydroxylation is 1. The van der Waals surface area contributed by atoms with Crippen molar-refractivity contribution in [1.29, 1.82) is 0 Å². The molecule has 26 heavy (non-hydrogen) atoms. The van der Waals surface area contributed by atoms with E-state index in [1.807, 2.05) is 30.3 Å². The molecular formula is C20H20N2O3S. The monoisotopic (exact) mass is 368 g/mol. The Balaban J connectivity index is 1.87. The van der Waals surface area contributed by atoms with Crippen molar-refractivity contribution in [2.75, 3.05) is 6.26 Å². The van der Waals surface area contributed by atoms with Crippen LogP contribution in [-0.4, -0.2) is 24.6 Å². The maximum Gasteiger partial charge on any atom is 0.214 e. The number of sulfone groups is 1. The standard InChI is InChI=1S/C20H20N2O3S/c1-3-15-12-19(16-7-9-18(10-8-16)26(2,23)24)22-20(13-15)25-14-17-6-4-5-11-21-17/h4-13H,3,14H2,1-2H3. The Morgan fingerprint density at radius 2 is 1.81 bits per heavy atom. The molecule has 3 rings (SSSR count). The summed E-state index contributed by atoms with van der Waals surface area (Å²) in [5, 5.41) is 0. The Morgan fingerprint density at radius 3 is 2.42 bits per heavy atom. The zero-order chi connectivity index (χ0) is 18.6. The molecule has 0 unspecified atom stereocenters. The van der Waals surface area contributed by atoms with Crippen LogP contribution in [0.25, 0.3) is 11.3 Å². The quantitative estimate of drug-likeness (QED) is 0.664. The average molecular weight is 368 g/mol. The Bertz CT molecular complexity index is 985. The number of rotatable bonds is 6. The third-order valence-corrected chi connectivity index (χ3v) is 5.07. The van der Waals surface area contributed by atoms with Crippen LogP contribution in [0.3, 0.4) is 0 Å². The molecule has 0 saturated carbocycles. The third kappa shape index (κ3) is 4.46. The molecule has 1 aromatic carbocycles. The van der Waals surface area contributed by atoms with Gasteiger partial charge in [-0.15, -0.1) is 0 Å². The maximum atomic E-state index is 11.6. The topological polar surface area (TPSA) is 69.2 Å². The van der Waals surface area contributed by atoms with Gasteiger partial charge in [-0.25, -0.2) is 13.4 Å². The Hall–Kier alpha value is -2.73. The van der Waals surface area contributed by atoms with E-state index in [0.717, 1.165) is 28.9 Å². The van der Waals surface area contributed by atoms with Crippen LogP contribution < -0.4 is 4.74 Å². The summed E-state index contributed by atoms with van der Waals surface area (Å²) in [4.78, 5) is 9.09. The van der Waals surface area contributed by atoms with Crippen molar-refractivity contribution >= 4 is 9.84 Å². The van der Waals surface area contributed by atoms with Gasteiger partial charge < -0.3 is 4.74 Å². The predicted molar refractivity (Wildman–Crippen MR) is 101 cm³/mol. The molecule has 134 valence electrons. The molecule has 2 heterocycles. The van der Waals surface area contributed by atoms with Crippen LogP contribution in [0.5, 0.6) is 5.88 Å². The normalized spacial score (nSPS) is 11.3. The van der Waals surface area contributed by atoms with E-state index in [-0.39, 0.29) is 0 Å². The summed E-state index contributed by atoms with van der Waals surface area (Å²) in [5.41, 5.74) is 3.52. The summed E-state index contributed by atoms with van der Waals surface area (Å²) < 4.78 is 29.0. The first-order valence-electron chi connectivity index (χ1n) is 8.30. The number of ether oxygens (including phenoxy) is 1. The van der Waals surface area contributed by atoms with Gasteiger partial charge >= 0.3 is 0 Å². The molecule has 0 radical (unpaired) electrons. The smallest absolute Gasteiger partial charge is 0.214 e. The van der Waals surface area contributed by atoms with Gasteiger partial charge in [-0.1, -0.05) is 25.1 Å². The van der Waals surface area contributed by atoms with Crippen molar-refractivity contribution in [2.45, 2.75) is 24.8 Å². The van der Waals surface area contributed by atoms with Gasteiger partial charge in [0.1, 0.15) is 6.61 Å². The largest absolute Gasteiger partial charge is 0.471 e. The van der Waals surface area contributed by atoms with Gasteiger partial charge in [0.05, 0.1) is 16.3 Å². The molecule has 0 saturated heterocycles. The second kappa shape index (κ2) is 7.66. The van der Waals surface area contributed by atoms with Crippen molar-refractivity contribution in [3.05, 3.63) is 72.1 Å². The molecule has 0 aliphatic heterocycles. The number of hydrogen-bond acceptors (Lipinski definition) is 5. The lowest BCUT2D eigenvalue weighted by atomic mass is 10.1. The lowest BCUT2D eigenvalue weighted by Gasteiger charge is -2.10. The highest BCUT2D eigenvalue weighted by atomic mass is 32.2. The van der Waals surface area contributed by atoms with Crippen LogP contribution in [0.2, 0.25) is 0 Å². The van der Waals surface area contributed by atoms with Gasteiger partial charge in [0.25, 0.3) is 0 Å². The van der Waals surface area contributed by atoms with Gasteiger partial charge in [0.15, 0.2) is 9.84 Å². The van der Waals surface area contributed by atoms with Crippen molar-refractivity contribution in [1.82, 2.24) is 9.97 Å². The molecule has 6 heteroatoms. The van der Waals surface area contributed by atoms with E-state index in [0.29, 0.717) is 17.4 Å². The predicted octanol–water partition coefficient (Wildman–Crippen LogP) is 3.69. The van der Waals surface area contributed by atoms with Gasteiger partial charge in [0, 0.05) is 24.1 Å². The maximum absolute atomic E-state index is 11.6. The number of nitrogens with zero attached hydrogens (tertiary/aromatic N) is 2. The third-order valence-electron chi connectivity index (χ3n) is 3.94. The van der Waals surface area contributed by atoms with Crippen molar-refractivity contribution in [3.8, 4) is 17.1 Å². The molecule has 0 aliphatic rings. The van der Waals surface area contributed by atoms with Crippen molar-refractivity contribution < 1.29 is 13.2 Å². The van der Waals surface area contributed by atoms with Crippen LogP contribution in [-0.2, 0) is 22.9 Å². The fraction of sp³-hybridized carbons (Fsp3) is 0.200. The Kier molecular flexibility index (Phi) is 5.32. The number of pyridine rings is 2. The molecule has 2 aromatic heterocycles. The van der Waals surface area contributed by atoms with Gasteiger partial charge in [-0.05, 0) is 42.3 Å². The summed E-state index contributed by atoms with van der Waals surface area (Å²) >= 11 is 0. The lowest BCUT2D eigenvalue weighted by Crippen LogP contribution is -2.01. The molecule has 0 fully saturated rings. The van der Waals surface area contributed by atoms with E-state index >= 15 is 0 Å². The molecule has 0 N–H and O–H groups in total. The van der Waals surface area contributed by atoms with Crippen LogP contribution in [0.1, 0.15) is 18.2 Å². The lowest BCUT2D eigenvalue weighted by molar-refractivity contribution is 0.289. The second-order valence-electron chi connectivity index (χ2n) is 5.96. The molecule has 0 bridgehead atoms. The van der Waals surface area contributed by atoms with E-state index in [2.05, 4.69) is 16.9 Å². The molecule has 0 atom stereocenters. The average Bonchev–Trinajstić information content (AvgIpc) is 2.66. The number of benzene rings is 1. The molecule has 0 aliphatic carbocycles. The molecule has 0 amide bonds. The first kappa shape index (κ1) is 18.1. The SMILES string of the molecule is CCc1cc(OCc2ccccn2)nc(-c2ccc(S(C)(=O)=O)cc2)c1. The molecule has 5 nitrogen and oxygen atoms in total. The summed E-state index contributed by atoms with van der Waals surface area (Å²) in [6, 6.07) is 16.3. The zero-order valence-electron chi connectivity index (χ0n) is 14.7. The highest BCUT2D eigenvalue weighted by Gasteiger charge is 2.09. The minimum atomic E-state index is -3.21. The van der Waals surface area contributed by atoms with E-state index in [1.54, 1.807) is 30.5 Å². The minimum absolute atomic E-state index is 0.291. The highest BCUT2D eigenvalue weighted by Crippen LogP contribution is 2.24. The van der Waals surface area contributed by atoms with Crippen LogP contribution in [0, 0.1) is 0 Å². The summed E-state index contributed by atoms with van der Waals surface area (Å²) in [6.45, 7) is 2.40. The summed E-state index contributed by atoms with van der Waals surface area (Å²) in [5.74, 6) is 0.525. The van der Waals surface area contributed by atoms with Crippen LogP contribution >= 0.6 is 0 Å². The van der Waals surface area contributed by atoms with E-state index in [9.17, 15) is 8.42 Å². The minimum Gasteiger partial charge on any atom is -0.471 e. The molecule has 3 aromatic rings. The van der Waals surface area contributed by atoms with Crippen LogP contribution in [0.4, 0.5) is 0 Å². The summed E-state index contributed by atoms with van der Waals surface area (Å²) in [7, 11) is -3.21. The highest BCUT2D eigenvalue weighted by molar-refractivity contribution is 7.90. The van der Waals surface area contributed by atoms with Gasteiger partial charge in [-0.2, -0.15) is 0 Å². The summed E-state index contributed by atoms with van der Waals surface area (Å²) in [6.07, 6.45) is 3.77. The van der Waals surface area contributed by atoms with E-state index in [4.69, 9.17) is 4.74 Å². The van der Waals surface area contributed by atoms with E-state index < -0.39 is 9.84 Å². The Morgan fingerprint density at radius 1 is 1.04 bits per heavy atom. The fourth-order valence-corrected chi connectivity index (χ4v) is 3.12. The Labute approximate surface area is 153 Å². The zero-order valence-corrected chi connectivity index (χ0v) is 15.5. The fourth-order valence-electron chi connectivity index (χ4n) is 2.49.